The Balaban J connectivity index is 0.000000234. The summed E-state index contributed by atoms with van der Waals surface area (Å²) in [6.45, 7) is 13.0. The molecule has 0 N–H and O–H groups in total. The van der Waals surface area contributed by atoms with Crippen LogP contribution in [0.5, 0.6) is 0 Å². The van der Waals surface area contributed by atoms with E-state index in [0.717, 1.165) is 61.3 Å². The molecule has 0 fully saturated rings. The number of hydrogen-bond acceptors (Lipinski definition) is 5. The average molecular weight is 820 g/mol. The molecule has 4 aromatic heterocycles. The van der Waals surface area contributed by atoms with Crippen LogP contribution in [-0.2, 0) is 20.1 Å². The molecule has 8 rings (SSSR count). The molecule has 4 aromatic carbocycles. The van der Waals surface area contributed by atoms with Crippen LogP contribution in [0.25, 0.3) is 61.3 Å². The number of hydrogen-bond donors (Lipinski definition) is 0. The van der Waals surface area contributed by atoms with Crippen molar-refractivity contribution in [3.63, 3.8) is 0 Å². The van der Waals surface area contributed by atoms with E-state index in [9.17, 15) is 0 Å². The number of imidazole rings is 1. The third kappa shape index (κ3) is 6.57. The fraction of sp³-hybridized carbons (Fsp3) is 0.190. The molecule has 0 aliphatic rings. The molecule has 0 saturated heterocycles. The summed E-state index contributed by atoms with van der Waals surface area (Å²) in [5, 5.41) is 10.5. The number of nitrogens with zero attached hydrogens (tertiary/aromatic N) is 5. The smallest absolute Gasteiger partial charge is 0.120 e. The van der Waals surface area contributed by atoms with Gasteiger partial charge in [-0.2, -0.15) is 10.2 Å². The summed E-state index contributed by atoms with van der Waals surface area (Å²) in [6, 6.07) is 35.6. The first-order valence-corrected chi connectivity index (χ1v) is 16.4. The number of aryl methyl sites for hydroxylation is 2. The molecule has 0 amide bonds. The van der Waals surface area contributed by atoms with Crippen LogP contribution < -0.4 is 0 Å². The molecule has 0 saturated carbocycles. The van der Waals surface area contributed by atoms with Crippen molar-refractivity contribution in [1.82, 2.24) is 24.7 Å². The van der Waals surface area contributed by atoms with Crippen molar-refractivity contribution in [2.45, 2.75) is 53.4 Å². The molecule has 0 bridgehead atoms. The van der Waals surface area contributed by atoms with Gasteiger partial charge in [0, 0.05) is 37.4 Å². The van der Waals surface area contributed by atoms with Crippen LogP contribution in [0.2, 0.25) is 0 Å². The predicted molar refractivity (Wildman–Crippen MR) is 194 cm³/mol. The third-order valence-electron chi connectivity index (χ3n) is 8.65. The summed E-state index contributed by atoms with van der Waals surface area (Å²) in [6.07, 6.45) is 5.40. The van der Waals surface area contributed by atoms with Crippen LogP contribution in [-0.4, -0.2) is 24.7 Å². The Bertz CT molecular complexity index is 2300. The van der Waals surface area contributed by atoms with E-state index in [2.05, 4.69) is 109 Å². The second kappa shape index (κ2) is 14.3. The first kappa shape index (κ1) is 33.9. The van der Waals surface area contributed by atoms with Gasteiger partial charge in [-0.3, -0.25) is 4.98 Å². The van der Waals surface area contributed by atoms with Crippen molar-refractivity contribution in [1.29, 1.82) is 0 Å². The molecule has 247 valence electrons. The van der Waals surface area contributed by atoms with Crippen molar-refractivity contribution in [2.24, 2.45) is 0 Å². The molecule has 7 heteroatoms. The van der Waals surface area contributed by atoms with E-state index in [-0.39, 0.29) is 20.1 Å². The minimum atomic E-state index is 0. The van der Waals surface area contributed by atoms with Gasteiger partial charge in [0.1, 0.15) is 5.58 Å². The Morgan fingerprint density at radius 2 is 1.45 bits per heavy atom. The zero-order valence-electron chi connectivity index (χ0n) is 28.4. The quantitative estimate of drug-likeness (QED) is 0.162. The number of aromatic nitrogens is 5. The summed E-state index contributed by atoms with van der Waals surface area (Å²) >= 11 is 0. The number of benzene rings is 4. The molecule has 1 radical (unpaired) electrons. The Labute approximate surface area is 300 Å². The van der Waals surface area contributed by atoms with Crippen LogP contribution >= 0.6 is 0 Å². The van der Waals surface area contributed by atoms with Gasteiger partial charge in [0.2, 0.25) is 0 Å². The minimum Gasteiger partial charge on any atom is -0.501 e. The van der Waals surface area contributed by atoms with Gasteiger partial charge in [0.25, 0.3) is 0 Å². The van der Waals surface area contributed by atoms with E-state index >= 15 is 0 Å². The van der Waals surface area contributed by atoms with Gasteiger partial charge in [0.15, 0.2) is 0 Å². The molecule has 49 heavy (non-hydrogen) atoms. The number of rotatable bonds is 5. The second-order valence-corrected chi connectivity index (χ2v) is 12.8. The number of fused-ring (bicyclic) bond motifs is 4. The van der Waals surface area contributed by atoms with Crippen molar-refractivity contribution in [3.05, 3.63) is 138 Å². The van der Waals surface area contributed by atoms with Crippen molar-refractivity contribution < 1.29 is 24.5 Å². The van der Waals surface area contributed by atoms with Crippen molar-refractivity contribution in [2.75, 3.05) is 0 Å². The van der Waals surface area contributed by atoms with Crippen LogP contribution in [0, 0.1) is 26.0 Å². The van der Waals surface area contributed by atoms with Gasteiger partial charge >= 0.3 is 0 Å². The fourth-order valence-electron chi connectivity index (χ4n) is 6.15. The first-order valence-electron chi connectivity index (χ1n) is 16.4. The van der Waals surface area contributed by atoms with E-state index in [0.29, 0.717) is 11.8 Å². The Hall–Kier alpha value is -4.97. The summed E-state index contributed by atoms with van der Waals surface area (Å²) in [5.74, 6) is 1.45. The van der Waals surface area contributed by atoms with E-state index in [1.54, 1.807) is 12.4 Å². The fourth-order valence-corrected chi connectivity index (χ4v) is 6.15. The standard InChI is InChI=1S/C29H25N4O.C13H12N.Ir/c1-17(2)19-10-7-11-20(18(3)4)27(19)33-25-16-31-30-15-24(25)32-29(33)23-13-8-12-22-21-9-5-6-14-26(21)34-28(22)23;1-10-3-6-12(7-4-10)13-8-5-11(2)9-14-13;/h5-12,14-18H,1-4H3;3-6,8-9H,1-2H3;/q2*-1;. The molecule has 6 nitrogen and oxygen atoms in total. The van der Waals surface area contributed by atoms with E-state index in [1.165, 1.54) is 22.3 Å². The monoisotopic (exact) mass is 820 g/mol. The maximum atomic E-state index is 6.36. The maximum absolute atomic E-state index is 6.36. The topological polar surface area (TPSA) is 69.6 Å². The van der Waals surface area contributed by atoms with Crippen molar-refractivity contribution in [3.8, 4) is 28.3 Å². The van der Waals surface area contributed by atoms with Crippen LogP contribution in [0.15, 0.2) is 108 Å². The summed E-state index contributed by atoms with van der Waals surface area (Å²) in [7, 11) is 0. The summed E-state index contributed by atoms with van der Waals surface area (Å²) in [5.41, 5.74) is 12.3. The van der Waals surface area contributed by atoms with E-state index in [4.69, 9.17) is 9.40 Å². The zero-order valence-corrected chi connectivity index (χ0v) is 30.8. The van der Waals surface area contributed by atoms with Crippen molar-refractivity contribution >= 4 is 33.0 Å². The van der Waals surface area contributed by atoms with Gasteiger partial charge < -0.3 is 14.0 Å². The number of furan rings is 1. The molecular weight excluding hydrogens is 783 g/mol. The average Bonchev–Trinajstić information content (AvgIpc) is 3.68. The predicted octanol–water partition coefficient (Wildman–Crippen LogP) is 10.6. The minimum absolute atomic E-state index is 0. The molecule has 8 aromatic rings. The Kier molecular flexibility index (Phi) is 9.86. The molecule has 0 spiro atoms. The van der Waals surface area contributed by atoms with Crippen LogP contribution in [0.1, 0.15) is 61.8 Å². The largest absolute Gasteiger partial charge is 0.501 e. The summed E-state index contributed by atoms with van der Waals surface area (Å²) in [4.78, 5) is 9.40. The molecule has 0 aliphatic heterocycles. The number of pyridine rings is 1. The van der Waals surface area contributed by atoms with Gasteiger partial charge in [0.05, 0.1) is 34.8 Å². The Morgan fingerprint density at radius 3 is 2.14 bits per heavy atom. The van der Waals surface area contributed by atoms with Crippen LogP contribution in [0.3, 0.4) is 0 Å². The first-order chi connectivity index (χ1) is 23.3. The molecular formula is C42H37IrN5O-2. The van der Waals surface area contributed by atoms with Gasteiger partial charge in [-0.15, -0.1) is 53.6 Å². The Morgan fingerprint density at radius 1 is 0.714 bits per heavy atom. The molecule has 4 heterocycles. The van der Waals surface area contributed by atoms with Crippen LogP contribution in [0.4, 0.5) is 0 Å². The summed E-state index contributed by atoms with van der Waals surface area (Å²) < 4.78 is 8.59. The molecule has 0 unspecified atom stereocenters. The van der Waals surface area contributed by atoms with Gasteiger partial charge in [-0.1, -0.05) is 94.1 Å². The van der Waals surface area contributed by atoms with E-state index in [1.807, 2.05) is 55.6 Å². The third-order valence-corrected chi connectivity index (χ3v) is 8.65. The number of para-hydroxylation sites is 2. The second-order valence-electron chi connectivity index (χ2n) is 12.8. The van der Waals surface area contributed by atoms with E-state index < -0.39 is 0 Å². The van der Waals surface area contributed by atoms with Gasteiger partial charge in [-0.25, -0.2) is 0 Å². The normalized spacial score (nSPS) is 11.3. The maximum Gasteiger partial charge on any atom is 0.120 e. The molecule has 0 atom stereocenters. The zero-order chi connectivity index (χ0) is 33.4. The molecule has 0 aliphatic carbocycles. The van der Waals surface area contributed by atoms with Gasteiger partial charge in [-0.05, 0) is 47.2 Å². The SMILES string of the molecule is CC(C)c1cccc(C(C)C)c1-n1c(-c2[c-]ccc3c2oc2ccccc23)nc2cnncc21.Cc1c[c-]c(-c2ccc(C)cn2)cc1.[Ir].